The molecular formula is C26H28ClN3O5S. The van der Waals surface area contributed by atoms with Crippen LogP contribution in [0.4, 0.5) is 0 Å². The van der Waals surface area contributed by atoms with E-state index in [1.807, 2.05) is 48.5 Å². The quantitative estimate of drug-likeness (QED) is 0.451. The van der Waals surface area contributed by atoms with Crippen molar-refractivity contribution in [2.75, 3.05) is 14.2 Å². The number of aliphatic imine (C=N–C) groups is 1. The third-order valence-electron chi connectivity index (χ3n) is 6.33. The van der Waals surface area contributed by atoms with Crippen LogP contribution in [0.2, 0.25) is 0 Å². The van der Waals surface area contributed by atoms with Gasteiger partial charge in [0.2, 0.25) is 0 Å². The summed E-state index contributed by atoms with van der Waals surface area (Å²) in [7, 11) is -0.963. The molecule has 1 amide bonds. The third-order valence-corrected chi connectivity index (χ3v) is 7.51. The molecule has 0 spiro atoms. The number of methoxy groups -OCH3 is 1. The van der Waals surface area contributed by atoms with E-state index < -0.39 is 20.9 Å². The number of carbonyl (C=O) groups excluding carboxylic acids is 1. The van der Waals surface area contributed by atoms with Crippen LogP contribution < -0.4 is 10.5 Å². The third kappa shape index (κ3) is 4.95. The SMILES string of the molecule is COc1cccc(-c2cccc(C3(c4ccc(CC(C)S(=O)(=O)O)cc4)N=C(N)N(C)C3=O)c2)c1.Cl. The fourth-order valence-corrected chi connectivity index (χ4v) is 4.63. The van der Waals surface area contributed by atoms with Crippen LogP contribution in [-0.2, 0) is 26.9 Å². The Balaban J connectivity index is 0.00000361. The number of nitrogens with zero attached hydrogens (tertiary/aromatic N) is 2. The number of rotatable bonds is 7. The molecule has 0 saturated heterocycles. The predicted octanol–water partition coefficient (Wildman–Crippen LogP) is 3.63. The first-order chi connectivity index (χ1) is 16.6. The summed E-state index contributed by atoms with van der Waals surface area (Å²) in [5, 5.41) is -0.949. The van der Waals surface area contributed by atoms with Crippen molar-refractivity contribution in [3.05, 3.63) is 89.5 Å². The first-order valence-corrected chi connectivity index (χ1v) is 12.5. The summed E-state index contributed by atoms with van der Waals surface area (Å²) in [4.78, 5) is 19.5. The zero-order valence-electron chi connectivity index (χ0n) is 20.1. The number of hydrogen-bond donors (Lipinski definition) is 2. The maximum Gasteiger partial charge on any atom is 0.267 e. The maximum absolute atomic E-state index is 13.6. The summed E-state index contributed by atoms with van der Waals surface area (Å²) in [6.07, 6.45) is 0.136. The van der Waals surface area contributed by atoms with E-state index in [1.54, 1.807) is 38.4 Å². The van der Waals surface area contributed by atoms with E-state index in [0.29, 0.717) is 16.7 Å². The highest BCUT2D eigenvalue weighted by Crippen LogP contribution is 2.41. The Morgan fingerprint density at radius 1 is 1.03 bits per heavy atom. The van der Waals surface area contributed by atoms with E-state index >= 15 is 0 Å². The number of guanidine groups is 1. The fourth-order valence-electron chi connectivity index (χ4n) is 4.23. The fraction of sp³-hybridized carbons (Fsp3) is 0.231. The number of ether oxygens (including phenoxy) is 1. The van der Waals surface area contributed by atoms with Crippen molar-refractivity contribution in [2.45, 2.75) is 24.1 Å². The molecule has 0 radical (unpaired) electrons. The first kappa shape index (κ1) is 27.2. The van der Waals surface area contributed by atoms with Gasteiger partial charge in [-0.2, -0.15) is 8.42 Å². The van der Waals surface area contributed by atoms with E-state index in [-0.39, 0.29) is 30.7 Å². The van der Waals surface area contributed by atoms with Crippen LogP contribution in [0.15, 0.2) is 77.8 Å². The standard InChI is InChI=1S/C26H27N3O5S.ClH/c1-17(35(31,32)33)14-18-10-12-21(13-11-18)26(24(30)29(2)25(27)28-26)22-8-4-6-19(15-22)20-7-5-9-23(16-20)34-3;/h4-13,15-17H,14H2,1-3H3,(H2,27,28)(H,31,32,33);1H. The number of amides is 1. The minimum atomic E-state index is -4.15. The number of nitrogens with two attached hydrogens (primary N) is 1. The summed E-state index contributed by atoms with van der Waals surface area (Å²) in [5.41, 5.74) is 8.46. The van der Waals surface area contributed by atoms with Gasteiger partial charge in [-0.3, -0.25) is 14.2 Å². The van der Waals surface area contributed by atoms with E-state index in [0.717, 1.165) is 16.9 Å². The maximum atomic E-state index is 13.6. The molecule has 2 atom stereocenters. The Kier molecular flexibility index (Phi) is 7.78. The van der Waals surface area contributed by atoms with Crippen molar-refractivity contribution < 1.29 is 22.5 Å². The average Bonchev–Trinajstić information content (AvgIpc) is 3.08. The number of likely N-dealkylation sites (N-methyl/N-ethyl adjacent to an activating group) is 1. The first-order valence-electron chi connectivity index (χ1n) is 11.0. The molecule has 1 aliphatic rings. The summed E-state index contributed by atoms with van der Waals surface area (Å²) >= 11 is 0. The van der Waals surface area contributed by atoms with Gasteiger partial charge in [-0.15, -0.1) is 12.4 Å². The van der Waals surface area contributed by atoms with Gasteiger partial charge in [0, 0.05) is 7.05 Å². The number of carbonyl (C=O) groups is 1. The second-order valence-electron chi connectivity index (χ2n) is 8.58. The van der Waals surface area contributed by atoms with Gasteiger partial charge < -0.3 is 10.5 Å². The molecule has 0 fully saturated rings. The van der Waals surface area contributed by atoms with Crippen molar-refractivity contribution in [1.82, 2.24) is 4.90 Å². The molecule has 190 valence electrons. The lowest BCUT2D eigenvalue weighted by Crippen LogP contribution is -2.41. The van der Waals surface area contributed by atoms with Crippen LogP contribution in [0.5, 0.6) is 5.75 Å². The molecule has 2 unspecified atom stereocenters. The molecule has 1 heterocycles. The zero-order chi connectivity index (χ0) is 25.4. The van der Waals surface area contributed by atoms with Gasteiger partial charge in [0.1, 0.15) is 5.75 Å². The second-order valence-corrected chi connectivity index (χ2v) is 10.4. The lowest BCUT2D eigenvalue weighted by molar-refractivity contribution is -0.129. The van der Waals surface area contributed by atoms with E-state index in [4.69, 9.17) is 10.5 Å². The average molecular weight is 530 g/mol. The van der Waals surface area contributed by atoms with Gasteiger partial charge in [0.25, 0.3) is 16.0 Å². The monoisotopic (exact) mass is 529 g/mol. The summed E-state index contributed by atoms with van der Waals surface area (Å²) in [5.74, 6) is 0.527. The van der Waals surface area contributed by atoms with Crippen LogP contribution >= 0.6 is 12.4 Å². The number of hydrogen-bond acceptors (Lipinski definition) is 6. The molecule has 3 aromatic rings. The minimum Gasteiger partial charge on any atom is -0.497 e. The van der Waals surface area contributed by atoms with Crippen molar-refractivity contribution in [3.8, 4) is 16.9 Å². The van der Waals surface area contributed by atoms with Crippen molar-refractivity contribution in [2.24, 2.45) is 10.7 Å². The molecule has 0 bridgehead atoms. The number of benzene rings is 3. The number of halogens is 1. The Morgan fingerprint density at radius 2 is 1.64 bits per heavy atom. The molecule has 4 rings (SSSR count). The topological polar surface area (TPSA) is 122 Å². The molecule has 8 nitrogen and oxygen atoms in total. The minimum absolute atomic E-state index is 0. The van der Waals surface area contributed by atoms with Gasteiger partial charge in [0.05, 0.1) is 12.4 Å². The molecule has 3 N–H and O–H groups in total. The van der Waals surface area contributed by atoms with Gasteiger partial charge >= 0.3 is 0 Å². The van der Waals surface area contributed by atoms with E-state index in [1.165, 1.54) is 11.8 Å². The van der Waals surface area contributed by atoms with Crippen molar-refractivity contribution in [3.63, 3.8) is 0 Å². The lowest BCUT2D eigenvalue weighted by Gasteiger charge is -2.27. The zero-order valence-corrected chi connectivity index (χ0v) is 21.7. The van der Waals surface area contributed by atoms with Crippen molar-refractivity contribution in [1.29, 1.82) is 0 Å². The highest BCUT2D eigenvalue weighted by Gasteiger charge is 2.49. The van der Waals surface area contributed by atoms with Gasteiger partial charge in [-0.05, 0) is 59.4 Å². The normalized spacial score (nSPS) is 18.4. The van der Waals surface area contributed by atoms with Crippen LogP contribution in [0.3, 0.4) is 0 Å². The molecule has 36 heavy (non-hydrogen) atoms. The van der Waals surface area contributed by atoms with Gasteiger partial charge in [0.15, 0.2) is 11.5 Å². The van der Waals surface area contributed by atoms with Crippen molar-refractivity contribution >= 4 is 34.4 Å². The van der Waals surface area contributed by atoms with Crippen LogP contribution in [0.25, 0.3) is 11.1 Å². The van der Waals surface area contributed by atoms with Crippen LogP contribution in [0, 0.1) is 0 Å². The van der Waals surface area contributed by atoms with Gasteiger partial charge in [-0.25, -0.2) is 4.99 Å². The highest BCUT2D eigenvalue weighted by molar-refractivity contribution is 7.86. The predicted molar refractivity (Wildman–Crippen MR) is 142 cm³/mol. The largest absolute Gasteiger partial charge is 0.497 e. The lowest BCUT2D eigenvalue weighted by atomic mass is 9.81. The molecule has 0 saturated carbocycles. The summed E-state index contributed by atoms with van der Waals surface area (Å²) in [6, 6.07) is 22.2. The van der Waals surface area contributed by atoms with Crippen LogP contribution in [-0.4, -0.2) is 49.1 Å². The Morgan fingerprint density at radius 3 is 2.19 bits per heavy atom. The van der Waals surface area contributed by atoms with Crippen LogP contribution in [0.1, 0.15) is 23.6 Å². The Hall–Kier alpha value is -3.40. The molecule has 0 aromatic heterocycles. The van der Waals surface area contributed by atoms with E-state index in [9.17, 15) is 17.8 Å². The molecule has 1 aliphatic heterocycles. The smallest absolute Gasteiger partial charge is 0.267 e. The molecular weight excluding hydrogens is 502 g/mol. The second kappa shape index (κ2) is 10.3. The Labute approximate surface area is 217 Å². The Bertz CT molecular complexity index is 1410. The highest BCUT2D eigenvalue weighted by atomic mass is 35.5. The summed E-state index contributed by atoms with van der Waals surface area (Å²) in [6.45, 7) is 1.44. The summed E-state index contributed by atoms with van der Waals surface area (Å²) < 4.78 is 37.5. The van der Waals surface area contributed by atoms with Gasteiger partial charge in [-0.1, -0.05) is 54.6 Å². The molecule has 0 aliphatic carbocycles. The molecule has 3 aromatic carbocycles. The molecule has 10 heteroatoms. The van der Waals surface area contributed by atoms with E-state index in [2.05, 4.69) is 4.99 Å².